The summed E-state index contributed by atoms with van der Waals surface area (Å²) >= 11 is 0. The Morgan fingerprint density at radius 3 is 2.52 bits per heavy atom. The first-order valence-corrected chi connectivity index (χ1v) is 9.68. The van der Waals surface area contributed by atoms with Crippen LogP contribution in [0.5, 0.6) is 0 Å². The van der Waals surface area contributed by atoms with Crippen molar-refractivity contribution in [3.05, 3.63) is 18.2 Å². The number of aromatic amines is 1. The molecular weight excluding hydrogens is 412 g/mol. The molecule has 1 aromatic rings. The number of nitrogens with zero attached hydrogens (tertiary/aromatic N) is 2. The van der Waals surface area contributed by atoms with Gasteiger partial charge in [0.25, 0.3) is 0 Å². The van der Waals surface area contributed by atoms with E-state index in [1.807, 2.05) is 0 Å². The summed E-state index contributed by atoms with van der Waals surface area (Å²) in [6.45, 7) is 1.87. The van der Waals surface area contributed by atoms with Crippen molar-refractivity contribution in [3.63, 3.8) is 0 Å². The quantitative estimate of drug-likeness (QED) is 0.234. The molecule has 4 atom stereocenters. The van der Waals surface area contributed by atoms with E-state index in [2.05, 4.69) is 20.6 Å². The second kappa shape index (κ2) is 10.5. The highest BCUT2D eigenvalue weighted by atomic mass is 16.4. The molecule has 1 fully saturated rings. The lowest BCUT2D eigenvalue weighted by Crippen LogP contribution is -2.57. The number of carboxylic acids is 2. The van der Waals surface area contributed by atoms with Gasteiger partial charge in [0.2, 0.25) is 17.7 Å². The van der Waals surface area contributed by atoms with Gasteiger partial charge in [0.05, 0.1) is 18.8 Å². The summed E-state index contributed by atoms with van der Waals surface area (Å²) in [6, 6.07) is -4.50. The number of carbonyl (C=O) groups is 5. The zero-order valence-corrected chi connectivity index (χ0v) is 16.9. The molecular formula is C18H26N6O7. The maximum atomic E-state index is 12.9. The van der Waals surface area contributed by atoms with Gasteiger partial charge in [-0.1, -0.05) is 0 Å². The van der Waals surface area contributed by atoms with Crippen LogP contribution in [-0.2, 0) is 30.4 Å². The number of hydrogen-bond acceptors (Lipinski definition) is 7. The van der Waals surface area contributed by atoms with E-state index in [9.17, 15) is 29.1 Å². The fourth-order valence-corrected chi connectivity index (χ4v) is 3.31. The minimum Gasteiger partial charge on any atom is -0.481 e. The Morgan fingerprint density at radius 1 is 1.26 bits per heavy atom. The first-order valence-electron chi connectivity index (χ1n) is 9.68. The monoisotopic (exact) mass is 438 g/mol. The second-order valence-corrected chi connectivity index (χ2v) is 7.32. The number of carboxylic acid groups (broad SMARTS) is 2. The number of amides is 3. The summed E-state index contributed by atoms with van der Waals surface area (Å²) in [6.07, 6.45) is 2.90. The van der Waals surface area contributed by atoms with Gasteiger partial charge < -0.3 is 36.5 Å². The van der Waals surface area contributed by atoms with Crippen LogP contribution in [-0.4, -0.2) is 85.5 Å². The molecule has 0 aromatic carbocycles. The van der Waals surface area contributed by atoms with Crippen LogP contribution in [0.15, 0.2) is 12.5 Å². The van der Waals surface area contributed by atoms with Gasteiger partial charge in [0.1, 0.15) is 18.1 Å². The molecule has 3 amide bonds. The number of H-pyrrole nitrogens is 1. The third-order valence-electron chi connectivity index (χ3n) is 4.83. The van der Waals surface area contributed by atoms with Crippen LogP contribution in [0.3, 0.4) is 0 Å². The minimum atomic E-state index is -1.67. The molecule has 13 nitrogen and oxygen atoms in total. The summed E-state index contributed by atoms with van der Waals surface area (Å²) in [5.41, 5.74) is 6.13. The van der Waals surface area contributed by atoms with Crippen molar-refractivity contribution in [2.45, 2.75) is 56.8 Å². The first kappa shape index (κ1) is 23.8. The molecule has 4 unspecified atom stereocenters. The normalized spacial score (nSPS) is 18.6. The van der Waals surface area contributed by atoms with Gasteiger partial charge in [-0.3, -0.25) is 19.2 Å². The Labute approximate surface area is 177 Å². The van der Waals surface area contributed by atoms with Crippen molar-refractivity contribution < 1.29 is 34.2 Å². The molecule has 13 heteroatoms. The van der Waals surface area contributed by atoms with Crippen molar-refractivity contribution in [3.8, 4) is 0 Å². The minimum absolute atomic E-state index is 0.0507. The molecule has 170 valence electrons. The zero-order chi connectivity index (χ0) is 23.1. The fourth-order valence-electron chi connectivity index (χ4n) is 3.31. The molecule has 0 spiro atoms. The molecule has 0 aliphatic carbocycles. The number of aliphatic carboxylic acids is 2. The molecule has 2 rings (SSSR count). The zero-order valence-electron chi connectivity index (χ0n) is 16.9. The molecule has 1 aliphatic rings. The average Bonchev–Trinajstić information content (AvgIpc) is 3.37. The molecule has 1 saturated heterocycles. The topological polar surface area (TPSA) is 208 Å². The highest BCUT2D eigenvalue weighted by molar-refractivity contribution is 5.95. The number of hydrogen-bond donors (Lipinski definition) is 6. The lowest BCUT2D eigenvalue weighted by Gasteiger charge is -2.27. The van der Waals surface area contributed by atoms with Crippen molar-refractivity contribution in [2.75, 3.05) is 6.54 Å². The van der Waals surface area contributed by atoms with Gasteiger partial charge in [-0.15, -0.1) is 0 Å². The first-order chi connectivity index (χ1) is 14.6. The van der Waals surface area contributed by atoms with Crippen LogP contribution < -0.4 is 16.4 Å². The number of imidazole rings is 1. The van der Waals surface area contributed by atoms with Gasteiger partial charge in [-0.25, -0.2) is 9.78 Å². The summed E-state index contributed by atoms with van der Waals surface area (Å²) in [7, 11) is 0. The van der Waals surface area contributed by atoms with E-state index < -0.39 is 54.3 Å². The average molecular weight is 438 g/mol. The van der Waals surface area contributed by atoms with E-state index in [4.69, 9.17) is 10.8 Å². The van der Waals surface area contributed by atoms with Crippen LogP contribution in [0.4, 0.5) is 0 Å². The predicted octanol–water partition coefficient (Wildman–Crippen LogP) is -2.18. The van der Waals surface area contributed by atoms with E-state index in [-0.39, 0.29) is 12.3 Å². The van der Waals surface area contributed by atoms with Crippen molar-refractivity contribution in [2.24, 2.45) is 5.73 Å². The molecule has 0 radical (unpaired) electrons. The number of rotatable bonds is 10. The standard InChI is InChI=1S/C18H26N6O7/c1-9(19)17(29)24-4-2-3-13(24)16(28)22-11(5-10-7-20-8-21-10)15(27)23-12(18(30)31)6-14(25)26/h7-9,11-13H,2-6,19H2,1H3,(H,20,21)(H,22,28)(H,23,27)(H,25,26)(H,30,31). The van der Waals surface area contributed by atoms with Gasteiger partial charge in [0.15, 0.2) is 0 Å². The van der Waals surface area contributed by atoms with Crippen LogP contribution in [0, 0.1) is 0 Å². The fraction of sp³-hybridized carbons (Fsp3) is 0.556. The Morgan fingerprint density at radius 2 is 1.97 bits per heavy atom. The maximum absolute atomic E-state index is 12.9. The van der Waals surface area contributed by atoms with Gasteiger partial charge >= 0.3 is 11.9 Å². The van der Waals surface area contributed by atoms with E-state index in [0.717, 1.165) is 0 Å². The number of nitrogens with two attached hydrogens (primary N) is 1. The van der Waals surface area contributed by atoms with E-state index in [1.54, 1.807) is 0 Å². The molecule has 1 aliphatic heterocycles. The van der Waals surface area contributed by atoms with Crippen molar-refractivity contribution in [1.82, 2.24) is 25.5 Å². The predicted molar refractivity (Wildman–Crippen MR) is 104 cm³/mol. The summed E-state index contributed by atoms with van der Waals surface area (Å²) in [4.78, 5) is 68.0. The van der Waals surface area contributed by atoms with E-state index in [1.165, 1.54) is 24.3 Å². The Balaban J connectivity index is 2.16. The lowest BCUT2D eigenvalue weighted by atomic mass is 10.1. The molecule has 0 saturated carbocycles. The van der Waals surface area contributed by atoms with Crippen LogP contribution in [0.1, 0.15) is 31.9 Å². The highest BCUT2D eigenvalue weighted by Crippen LogP contribution is 2.18. The molecule has 0 bridgehead atoms. The number of carbonyl (C=O) groups excluding carboxylic acids is 3. The Hall–Kier alpha value is -3.48. The van der Waals surface area contributed by atoms with Crippen LogP contribution in [0.25, 0.3) is 0 Å². The van der Waals surface area contributed by atoms with Crippen molar-refractivity contribution >= 4 is 29.7 Å². The Bertz CT molecular complexity index is 825. The molecule has 2 heterocycles. The van der Waals surface area contributed by atoms with Gasteiger partial charge in [-0.2, -0.15) is 0 Å². The number of nitrogens with one attached hydrogen (secondary N) is 3. The maximum Gasteiger partial charge on any atom is 0.326 e. The SMILES string of the molecule is CC(N)C(=O)N1CCCC1C(=O)NC(Cc1cnc[nH]1)C(=O)NC(CC(=O)O)C(=O)O. The molecule has 31 heavy (non-hydrogen) atoms. The number of likely N-dealkylation sites (tertiary alicyclic amines) is 1. The largest absolute Gasteiger partial charge is 0.481 e. The molecule has 7 N–H and O–H groups in total. The summed E-state index contributed by atoms with van der Waals surface area (Å²) < 4.78 is 0. The highest BCUT2D eigenvalue weighted by Gasteiger charge is 2.37. The van der Waals surface area contributed by atoms with Crippen molar-refractivity contribution in [1.29, 1.82) is 0 Å². The third-order valence-corrected chi connectivity index (χ3v) is 4.83. The summed E-state index contributed by atoms with van der Waals surface area (Å²) in [5, 5.41) is 22.7. The smallest absolute Gasteiger partial charge is 0.326 e. The lowest BCUT2D eigenvalue weighted by molar-refractivity contribution is -0.147. The Kier molecular flexibility index (Phi) is 8.07. The van der Waals surface area contributed by atoms with E-state index >= 15 is 0 Å². The van der Waals surface area contributed by atoms with Crippen LogP contribution >= 0.6 is 0 Å². The third kappa shape index (κ3) is 6.50. The number of aromatic nitrogens is 2. The molecule has 1 aromatic heterocycles. The summed E-state index contributed by atoms with van der Waals surface area (Å²) in [5.74, 6) is -4.78. The van der Waals surface area contributed by atoms with Crippen LogP contribution in [0.2, 0.25) is 0 Å². The second-order valence-electron chi connectivity index (χ2n) is 7.32. The van der Waals surface area contributed by atoms with E-state index in [0.29, 0.717) is 25.1 Å². The van der Waals surface area contributed by atoms with Gasteiger partial charge in [-0.05, 0) is 19.8 Å². The van der Waals surface area contributed by atoms with Gasteiger partial charge in [0, 0.05) is 24.9 Å².